The van der Waals surface area contributed by atoms with E-state index in [9.17, 15) is 8.42 Å². The second-order valence-corrected chi connectivity index (χ2v) is 9.86. The molecule has 0 amide bonds. The van der Waals surface area contributed by atoms with Crippen LogP contribution in [0.1, 0.15) is 103 Å². The molecule has 1 aromatic carbocycles. The van der Waals surface area contributed by atoms with Gasteiger partial charge in [0.05, 0.1) is 4.90 Å². The minimum Gasteiger partial charge on any atom is -0.360 e. The highest BCUT2D eigenvalue weighted by molar-refractivity contribution is 7.90. The molecule has 0 atom stereocenters. The molecular weight excluding hydrogens is 392 g/mol. The van der Waals surface area contributed by atoms with Crippen LogP contribution in [0.25, 0.3) is 0 Å². The van der Waals surface area contributed by atoms with E-state index in [1.165, 1.54) is 57.8 Å². The van der Waals surface area contributed by atoms with Crippen LogP contribution < -0.4 is 0 Å². The molecule has 0 saturated carbocycles. The zero-order valence-corrected chi connectivity index (χ0v) is 20.6. The number of nitrogens with zero attached hydrogens (tertiary/aromatic N) is 2. The Balaban J connectivity index is 2.50. The van der Waals surface area contributed by atoms with E-state index in [1.54, 1.807) is 12.1 Å². The van der Waals surface area contributed by atoms with Crippen molar-refractivity contribution in [2.24, 2.45) is 4.40 Å². The van der Waals surface area contributed by atoms with Crippen molar-refractivity contribution >= 4 is 15.9 Å². The Morgan fingerprint density at radius 1 is 0.767 bits per heavy atom. The zero-order chi connectivity index (χ0) is 22.2. The van der Waals surface area contributed by atoms with Crippen molar-refractivity contribution in [2.75, 3.05) is 13.1 Å². The molecule has 0 heterocycles. The van der Waals surface area contributed by atoms with E-state index in [4.69, 9.17) is 0 Å². The molecule has 0 bridgehead atoms. The molecule has 5 heteroatoms. The molecule has 0 spiro atoms. The molecule has 0 aliphatic heterocycles. The van der Waals surface area contributed by atoms with Crippen LogP contribution in [0.4, 0.5) is 0 Å². The lowest BCUT2D eigenvalue weighted by atomic mass is 10.1. The highest BCUT2D eigenvalue weighted by atomic mass is 32.2. The maximum atomic E-state index is 12.8. The summed E-state index contributed by atoms with van der Waals surface area (Å²) in [4.78, 5) is 2.35. The zero-order valence-electron chi connectivity index (χ0n) is 19.8. The Kier molecular flexibility index (Phi) is 13.7. The van der Waals surface area contributed by atoms with E-state index in [0.29, 0.717) is 5.84 Å². The Morgan fingerprint density at radius 2 is 1.23 bits per heavy atom. The number of benzene rings is 1. The van der Waals surface area contributed by atoms with E-state index in [1.807, 2.05) is 19.1 Å². The topological polar surface area (TPSA) is 49.7 Å². The molecule has 0 unspecified atom stereocenters. The number of rotatable bonds is 16. The van der Waals surface area contributed by atoms with Crippen LogP contribution in [-0.2, 0) is 10.0 Å². The van der Waals surface area contributed by atoms with Crippen LogP contribution in [0.3, 0.4) is 0 Å². The summed E-state index contributed by atoms with van der Waals surface area (Å²) < 4.78 is 29.8. The summed E-state index contributed by atoms with van der Waals surface area (Å²) in [5, 5.41) is 0. The fraction of sp³-hybridized carbons (Fsp3) is 0.720. The van der Waals surface area contributed by atoms with Crippen molar-refractivity contribution in [1.82, 2.24) is 4.90 Å². The van der Waals surface area contributed by atoms with Crippen molar-refractivity contribution in [3.05, 3.63) is 29.8 Å². The summed E-state index contributed by atoms with van der Waals surface area (Å²) in [5.41, 5.74) is 1.04. The third-order valence-electron chi connectivity index (χ3n) is 5.68. The molecule has 1 rings (SSSR count). The van der Waals surface area contributed by atoms with E-state index in [0.717, 1.165) is 37.9 Å². The number of unbranched alkanes of at least 4 members (excludes halogenated alkanes) is 10. The first-order valence-electron chi connectivity index (χ1n) is 12.1. The summed E-state index contributed by atoms with van der Waals surface area (Å²) in [7, 11) is -3.66. The van der Waals surface area contributed by atoms with Crippen molar-refractivity contribution < 1.29 is 8.42 Å². The maximum absolute atomic E-state index is 12.8. The average Bonchev–Trinajstić information content (AvgIpc) is 2.72. The summed E-state index contributed by atoms with van der Waals surface area (Å²) >= 11 is 0. The minimum absolute atomic E-state index is 0.275. The van der Waals surface area contributed by atoms with Gasteiger partial charge in [-0.25, -0.2) is 0 Å². The van der Waals surface area contributed by atoms with Gasteiger partial charge >= 0.3 is 0 Å². The summed E-state index contributed by atoms with van der Waals surface area (Å²) in [6.45, 7) is 9.87. The van der Waals surface area contributed by atoms with Crippen LogP contribution in [0.5, 0.6) is 0 Å². The summed E-state index contributed by atoms with van der Waals surface area (Å²) in [6.07, 6.45) is 14.9. The van der Waals surface area contributed by atoms with Gasteiger partial charge in [-0.3, -0.25) is 0 Å². The first-order valence-corrected chi connectivity index (χ1v) is 13.5. The SMILES string of the molecule is CCCCCCCCCCCCC/C(=N/S(=O)(=O)c1ccc(C)cc1)N(CC)CC. The molecule has 0 N–H and O–H groups in total. The molecule has 0 aliphatic carbocycles. The van der Waals surface area contributed by atoms with Gasteiger partial charge in [0.2, 0.25) is 0 Å². The van der Waals surface area contributed by atoms with Crippen molar-refractivity contribution in [3.8, 4) is 0 Å². The quantitative estimate of drug-likeness (QED) is 0.157. The van der Waals surface area contributed by atoms with Gasteiger partial charge in [-0.2, -0.15) is 8.42 Å². The molecule has 0 aliphatic rings. The Labute approximate surface area is 186 Å². The Hall–Kier alpha value is -1.36. The standard InChI is InChI=1S/C25H44N2O2S/c1-5-8-9-10-11-12-13-14-15-16-17-18-25(27(6-2)7-3)26-30(28,29)24-21-19-23(4)20-22-24/h19-22H,5-18H2,1-4H3/b26-25-. The van der Waals surface area contributed by atoms with Crippen molar-refractivity contribution in [2.45, 2.75) is 110 Å². The summed E-state index contributed by atoms with van der Waals surface area (Å²) in [6, 6.07) is 6.94. The Morgan fingerprint density at radius 3 is 1.70 bits per heavy atom. The lowest BCUT2D eigenvalue weighted by molar-refractivity contribution is 0.451. The maximum Gasteiger partial charge on any atom is 0.283 e. The van der Waals surface area contributed by atoms with E-state index in [-0.39, 0.29) is 4.90 Å². The van der Waals surface area contributed by atoms with Gasteiger partial charge in [0.25, 0.3) is 10.0 Å². The molecule has 0 radical (unpaired) electrons. The Bertz CT molecular complexity index is 692. The van der Waals surface area contributed by atoms with Gasteiger partial charge in [-0.1, -0.05) is 88.8 Å². The van der Waals surface area contributed by atoms with Gasteiger partial charge in [-0.15, -0.1) is 4.40 Å². The molecular formula is C25H44N2O2S. The van der Waals surface area contributed by atoms with Crippen LogP contribution in [0.2, 0.25) is 0 Å². The van der Waals surface area contributed by atoms with Gasteiger partial charge in [0.1, 0.15) is 5.84 Å². The van der Waals surface area contributed by atoms with E-state index >= 15 is 0 Å². The largest absolute Gasteiger partial charge is 0.360 e. The minimum atomic E-state index is -3.66. The predicted octanol–water partition coefficient (Wildman–Crippen LogP) is 7.13. The number of amidine groups is 1. The van der Waals surface area contributed by atoms with Crippen LogP contribution in [0, 0.1) is 6.92 Å². The monoisotopic (exact) mass is 436 g/mol. The van der Waals surface area contributed by atoms with Crippen molar-refractivity contribution in [3.63, 3.8) is 0 Å². The smallest absolute Gasteiger partial charge is 0.283 e. The first-order chi connectivity index (χ1) is 14.4. The summed E-state index contributed by atoms with van der Waals surface area (Å²) in [5.74, 6) is 0.705. The van der Waals surface area contributed by atoms with Gasteiger partial charge < -0.3 is 4.90 Å². The predicted molar refractivity (Wildman–Crippen MR) is 130 cm³/mol. The fourth-order valence-electron chi connectivity index (χ4n) is 3.70. The van der Waals surface area contributed by atoms with Gasteiger partial charge in [0.15, 0.2) is 0 Å². The van der Waals surface area contributed by atoms with Crippen LogP contribution in [-0.4, -0.2) is 32.2 Å². The molecule has 1 aromatic rings. The first kappa shape index (κ1) is 26.7. The normalized spacial score (nSPS) is 12.3. The number of hydrogen-bond acceptors (Lipinski definition) is 2. The highest BCUT2D eigenvalue weighted by Crippen LogP contribution is 2.17. The molecule has 172 valence electrons. The van der Waals surface area contributed by atoms with Gasteiger partial charge in [0, 0.05) is 19.5 Å². The van der Waals surface area contributed by atoms with Crippen LogP contribution >= 0.6 is 0 Å². The third-order valence-corrected chi connectivity index (χ3v) is 7.00. The third kappa shape index (κ3) is 10.6. The molecule has 0 saturated heterocycles. The molecule has 30 heavy (non-hydrogen) atoms. The average molecular weight is 437 g/mol. The highest BCUT2D eigenvalue weighted by Gasteiger charge is 2.17. The second kappa shape index (κ2) is 15.4. The molecule has 4 nitrogen and oxygen atoms in total. The van der Waals surface area contributed by atoms with Crippen LogP contribution in [0.15, 0.2) is 33.6 Å². The lowest BCUT2D eigenvalue weighted by Crippen LogP contribution is -2.31. The molecule has 0 fully saturated rings. The van der Waals surface area contributed by atoms with E-state index < -0.39 is 10.0 Å². The number of sulfonamides is 1. The van der Waals surface area contributed by atoms with Crippen molar-refractivity contribution in [1.29, 1.82) is 0 Å². The number of aryl methyl sites for hydroxylation is 1. The van der Waals surface area contributed by atoms with Gasteiger partial charge in [-0.05, 0) is 39.3 Å². The second-order valence-electron chi connectivity index (χ2n) is 8.25. The molecule has 0 aromatic heterocycles. The fourth-order valence-corrected chi connectivity index (χ4v) is 4.77. The van der Waals surface area contributed by atoms with E-state index in [2.05, 4.69) is 30.1 Å². The number of hydrogen-bond donors (Lipinski definition) is 0. The lowest BCUT2D eigenvalue weighted by Gasteiger charge is -2.23.